The molecule has 0 aliphatic rings. The molecule has 4 nitrogen and oxygen atoms in total. The van der Waals surface area contributed by atoms with Crippen molar-refractivity contribution in [1.29, 1.82) is 0 Å². The van der Waals surface area contributed by atoms with Crippen molar-refractivity contribution in [3.05, 3.63) is 57.8 Å². The molecule has 0 saturated carbocycles. The van der Waals surface area contributed by atoms with E-state index < -0.39 is 12.0 Å². The Morgan fingerprint density at radius 3 is 2.50 bits per heavy atom. The van der Waals surface area contributed by atoms with Gasteiger partial charge in [0.05, 0.1) is 5.56 Å². The van der Waals surface area contributed by atoms with E-state index in [0.717, 1.165) is 11.1 Å². The quantitative estimate of drug-likeness (QED) is 0.888. The van der Waals surface area contributed by atoms with Crippen LogP contribution in [0.4, 0.5) is 0 Å². The molecule has 0 aliphatic heterocycles. The van der Waals surface area contributed by atoms with E-state index in [9.17, 15) is 14.7 Å². The van der Waals surface area contributed by atoms with E-state index in [2.05, 4.69) is 5.32 Å². The van der Waals surface area contributed by atoms with Gasteiger partial charge in [-0.15, -0.1) is 0 Å². The highest BCUT2D eigenvalue weighted by molar-refractivity contribution is 7.08. The van der Waals surface area contributed by atoms with E-state index in [1.54, 1.807) is 5.38 Å². The van der Waals surface area contributed by atoms with Crippen molar-refractivity contribution in [3.8, 4) is 0 Å². The Morgan fingerprint density at radius 2 is 1.95 bits per heavy atom. The molecule has 5 heteroatoms. The summed E-state index contributed by atoms with van der Waals surface area (Å²) >= 11 is 1.43. The lowest BCUT2D eigenvalue weighted by molar-refractivity contribution is -0.139. The molecule has 0 spiro atoms. The number of rotatable bonds is 5. The number of carboxylic acids is 1. The van der Waals surface area contributed by atoms with Crippen LogP contribution in [-0.2, 0) is 11.2 Å². The second-order valence-electron chi connectivity index (χ2n) is 4.52. The predicted molar refractivity (Wildman–Crippen MR) is 78.1 cm³/mol. The van der Waals surface area contributed by atoms with E-state index in [0.29, 0.717) is 5.56 Å². The summed E-state index contributed by atoms with van der Waals surface area (Å²) < 4.78 is 0. The maximum Gasteiger partial charge on any atom is 0.326 e. The second-order valence-corrected chi connectivity index (χ2v) is 5.27. The number of carbonyl (C=O) groups excluding carboxylic acids is 1. The number of carboxylic acid groups (broad SMARTS) is 1. The number of amides is 1. The van der Waals surface area contributed by atoms with Gasteiger partial charge >= 0.3 is 5.97 Å². The molecule has 1 atom stereocenters. The number of hydrogen-bond acceptors (Lipinski definition) is 3. The molecular formula is C15H15NO3S. The van der Waals surface area contributed by atoms with E-state index in [1.165, 1.54) is 11.3 Å². The lowest BCUT2D eigenvalue weighted by Gasteiger charge is -2.14. The number of thiophene rings is 1. The fourth-order valence-electron chi connectivity index (χ4n) is 1.88. The summed E-state index contributed by atoms with van der Waals surface area (Å²) in [7, 11) is 0. The first kappa shape index (κ1) is 14.3. The van der Waals surface area contributed by atoms with Gasteiger partial charge in [-0.2, -0.15) is 11.3 Å². The number of benzene rings is 1. The van der Waals surface area contributed by atoms with Gasteiger partial charge < -0.3 is 10.4 Å². The Kier molecular flexibility index (Phi) is 4.53. The third-order valence-electron chi connectivity index (χ3n) is 2.99. The second kappa shape index (κ2) is 6.34. The first-order valence-electron chi connectivity index (χ1n) is 6.18. The Labute approximate surface area is 121 Å². The Morgan fingerprint density at radius 1 is 1.25 bits per heavy atom. The van der Waals surface area contributed by atoms with Crippen LogP contribution in [0.25, 0.3) is 0 Å². The zero-order valence-corrected chi connectivity index (χ0v) is 11.8. The number of aliphatic carboxylic acids is 1. The van der Waals surface area contributed by atoms with Crippen molar-refractivity contribution < 1.29 is 14.7 Å². The zero-order chi connectivity index (χ0) is 14.5. The fourth-order valence-corrected chi connectivity index (χ4v) is 2.71. The molecule has 0 fully saturated rings. The van der Waals surface area contributed by atoms with Gasteiger partial charge in [-0.3, -0.25) is 4.79 Å². The number of aryl methyl sites for hydroxylation is 1. The zero-order valence-electron chi connectivity index (χ0n) is 11.0. The third-order valence-corrected chi connectivity index (χ3v) is 3.85. The topological polar surface area (TPSA) is 66.4 Å². The molecule has 0 radical (unpaired) electrons. The van der Waals surface area contributed by atoms with Crippen molar-refractivity contribution in [2.45, 2.75) is 19.4 Å². The third kappa shape index (κ3) is 3.45. The first-order valence-corrected chi connectivity index (χ1v) is 7.12. The van der Waals surface area contributed by atoms with Crippen LogP contribution in [0.3, 0.4) is 0 Å². The SMILES string of the molecule is Cc1cscc1C(=O)N[C@@H](Cc1ccccc1)C(=O)O. The summed E-state index contributed by atoms with van der Waals surface area (Å²) in [5.74, 6) is -1.37. The monoisotopic (exact) mass is 289 g/mol. The maximum absolute atomic E-state index is 12.1. The highest BCUT2D eigenvalue weighted by atomic mass is 32.1. The molecule has 1 aromatic carbocycles. The summed E-state index contributed by atoms with van der Waals surface area (Å²) in [6, 6.07) is 8.32. The fraction of sp³-hybridized carbons (Fsp3) is 0.200. The van der Waals surface area contributed by atoms with Gasteiger partial charge in [0, 0.05) is 11.8 Å². The molecule has 0 saturated heterocycles. The van der Waals surface area contributed by atoms with Gasteiger partial charge in [-0.05, 0) is 23.4 Å². The Bertz CT molecular complexity index is 607. The Balaban J connectivity index is 2.09. The van der Waals surface area contributed by atoms with Crippen molar-refractivity contribution in [3.63, 3.8) is 0 Å². The molecule has 0 aliphatic carbocycles. The Hall–Kier alpha value is -2.14. The minimum Gasteiger partial charge on any atom is -0.480 e. The van der Waals surface area contributed by atoms with Gasteiger partial charge in [-0.1, -0.05) is 30.3 Å². The lowest BCUT2D eigenvalue weighted by Crippen LogP contribution is -2.42. The van der Waals surface area contributed by atoms with Crippen LogP contribution in [0.1, 0.15) is 21.5 Å². The van der Waals surface area contributed by atoms with Crippen LogP contribution in [0, 0.1) is 6.92 Å². The van der Waals surface area contributed by atoms with Crippen LogP contribution in [0.5, 0.6) is 0 Å². The minimum absolute atomic E-state index is 0.269. The molecule has 1 amide bonds. The highest BCUT2D eigenvalue weighted by Gasteiger charge is 2.22. The van der Waals surface area contributed by atoms with Gasteiger partial charge in [-0.25, -0.2) is 4.79 Å². The standard InChI is InChI=1S/C15H15NO3S/c1-10-8-20-9-12(10)14(17)16-13(15(18)19)7-11-5-3-2-4-6-11/h2-6,8-9,13H,7H2,1H3,(H,16,17)(H,18,19)/t13-/m0/s1. The molecular weight excluding hydrogens is 274 g/mol. The van der Waals surface area contributed by atoms with Gasteiger partial charge in [0.2, 0.25) is 0 Å². The van der Waals surface area contributed by atoms with Crippen LogP contribution < -0.4 is 5.32 Å². The van der Waals surface area contributed by atoms with E-state index in [4.69, 9.17) is 0 Å². The van der Waals surface area contributed by atoms with Crippen molar-refractivity contribution in [1.82, 2.24) is 5.32 Å². The summed E-state index contributed by atoms with van der Waals surface area (Å²) in [4.78, 5) is 23.3. The molecule has 20 heavy (non-hydrogen) atoms. The number of carbonyl (C=O) groups is 2. The van der Waals surface area contributed by atoms with Crippen molar-refractivity contribution >= 4 is 23.2 Å². The molecule has 1 heterocycles. The minimum atomic E-state index is -1.03. The average molecular weight is 289 g/mol. The summed E-state index contributed by atoms with van der Waals surface area (Å²) in [5, 5.41) is 15.4. The lowest BCUT2D eigenvalue weighted by atomic mass is 10.1. The molecule has 2 N–H and O–H groups in total. The van der Waals surface area contributed by atoms with Crippen molar-refractivity contribution in [2.24, 2.45) is 0 Å². The summed E-state index contributed by atoms with van der Waals surface area (Å²) in [6.45, 7) is 1.83. The van der Waals surface area contributed by atoms with E-state index >= 15 is 0 Å². The summed E-state index contributed by atoms with van der Waals surface area (Å²) in [5.41, 5.74) is 2.27. The van der Waals surface area contributed by atoms with Gasteiger partial charge in [0.25, 0.3) is 5.91 Å². The van der Waals surface area contributed by atoms with E-state index in [-0.39, 0.29) is 12.3 Å². The molecule has 104 valence electrons. The van der Waals surface area contributed by atoms with Crippen LogP contribution >= 0.6 is 11.3 Å². The number of hydrogen-bond donors (Lipinski definition) is 2. The van der Waals surface area contributed by atoms with Crippen LogP contribution in [-0.4, -0.2) is 23.0 Å². The highest BCUT2D eigenvalue weighted by Crippen LogP contribution is 2.14. The van der Waals surface area contributed by atoms with Crippen molar-refractivity contribution in [2.75, 3.05) is 0 Å². The normalized spacial score (nSPS) is 11.8. The smallest absolute Gasteiger partial charge is 0.326 e. The van der Waals surface area contributed by atoms with Gasteiger partial charge in [0.1, 0.15) is 6.04 Å². The van der Waals surface area contributed by atoms with E-state index in [1.807, 2.05) is 42.6 Å². The van der Waals surface area contributed by atoms with Gasteiger partial charge in [0.15, 0.2) is 0 Å². The first-order chi connectivity index (χ1) is 9.58. The van der Waals surface area contributed by atoms with Crippen LogP contribution in [0.2, 0.25) is 0 Å². The maximum atomic E-state index is 12.1. The molecule has 2 aromatic rings. The largest absolute Gasteiger partial charge is 0.480 e. The molecule has 0 unspecified atom stereocenters. The molecule has 0 bridgehead atoms. The average Bonchev–Trinajstić information content (AvgIpc) is 2.85. The number of nitrogens with one attached hydrogen (secondary N) is 1. The predicted octanol–water partition coefficient (Wildman–Crippen LogP) is 2.48. The molecule has 2 rings (SSSR count). The molecule has 1 aromatic heterocycles. The summed E-state index contributed by atoms with van der Waals surface area (Å²) in [6.07, 6.45) is 0.269. The van der Waals surface area contributed by atoms with Crippen LogP contribution in [0.15, 0.2) is 41.1 Å².